The van der Waals surface area contributed by atoms with Gasteiger partial charge in [0.15, 0.2) is 0 Å². The number of benzene rings is 1. The average molecular weight is 314 g/mol. The van der Waals surface area contributed by atoms with Crippen LogP contribution in [-0.4, -0.2) is 33.9 Å². The van der Waals surface area contributed by atoms with Crippen LogP contribution in [0.25, 0.3) is 0 Å². The van der Waals surface area contributed by atoms with Crippen molar-refractivity contribution in [2.45, 2.75) is 32.6 Å². The molecule has 0 unspecified atom stereocenters. The maximum absolute atomic E-state index is 11.3. The Morgan fingerprint density at radius 1 is 1.10 bits per heavy atom. The first-order valence-electron chi connectivity index (χ1n) is 6.98. The summed E-state index contributed by atoms with van der Waals surface area (Å²) < 4.78 is 31.1. The molecule has 0 aliphatic carbocycles. The number of ether oxygens (including phenoxy) is 1. The molecular weight excluding hydrogens is 292 g/mol. The number of aryl methyl sites for hydroxylation is 1. The van der Waals surface area contributed by atoms with Gasteiger partial charge in [-0.2, -0.15) is 8.42 Å². The predicted molar refractivity (Wildman–Crippen MR) is 80.5 cm³/mol. The van der Waals surface area contributed by atoms with E-state index in [0.717, 1.165) is 30.2 Å². The summed E-state index contributed by atoms with van der Waals surface area (Å²) in [7, 11) is -3.33. The normalized spacial score (nSPS) is 11.3. The van der Waals surface area contributed by atoms with E-state index in [0.29, 0.717) is 13.0 Å². The summed E-state index contributed by atoms with van der Waals surface area (Å²) >= 11 is 0. The van der Waals surface area contributed by atoms with Gasteiger partial charge in [0, 0.05) is 0 Å². The Bertz CT molecular complexity index is 534. The largest absolute Gasteiger partial charge is 0.466 e. The molecule has 0 heterocycles. The van der Waals surface area contributed by atoms with E-state index in [1.807, 2.05) is 24.3 Å². The van der Waals surface area contributed by atoms with Gasteiger partial charge in [0.05, 0.1) is 25.9 Å². The lowest BCUT2D eigenvalue weighted by Crippen LogP contribution is -2.07. The van der Waals surface area contributed by atoms with Gasteiger partial charge in [0.2, 0.25) is 0 Å². The molecule has 118 valence electrons. The van der Waals surface area contributed by atoms with Gasteiger partial charge in [-0.15, -0.1) is 0 Å². The van der Waals surface area contributed by atoms with Crippen LogP contribution in [0.15, 0.2) is 24.3 Å². The summed E-state index contributed by atoms with van der Waals surface area (Å²) in [5, 5.41) is 0. The summed E-state index contributed by atoms with van der Waals surface area (Å²) in [6.45, 7) is 2.40. The lowest BCUT2D eigenvalue weighted by molar-refractivity contribution is -0.142. The molecule has 1 rings (SSSR count). The molecule has 0 aliphatic heterocycles. The van der Waals surface area contributed by atoms with Gasteiger partial charge in [-0.25, -0.2) is 0 Å². The fourth-order valence-electron chi connectivity index (χ4n) is 1.84. The molecular formula is C15H22O5S. The monoisotopic (exact) mass is 314 g/mol. The van der Waals surface area contributed by atoms with Crippen molar-refractivity contribution in [3.63, 3.8) is 0 Å². The van der Waals surface area contributed by atoms with Crippen LogP contribution in [0.4, 0.5) is 0 Å². The quantitative estimate of drug-likeness (QED) is 0.396. The third-order valence-electron chi connectivity index (χ3n) is 2.83. The summed E-state index contributed by atoms with van der Waals surface area (Å²) in [6.07, 6.45) is 3.74. The second-order valence-electron chi connectivity index (χ2n) is 4.78. The van der Waals surface area contributed by atoms with E-state index in [4.69, 9.17) is 4.74 Å². The van der Waals surface area contributed by atoms with Crippen molar-refractivity contribution in [3.05, 3.63) is 35.4 Å². The van der Waals surface area contributed by atoms with Crippen LogP contribution in [0.2, 0.25) is 0 Å². The summed E-state index contributed by atoms with van der Waals surface area (Å²) in [5.41, 5.74) is 2.08. The number of carbonyl (C=O) groups is 1. The minimum Gasteiger partial charge on any atom is -0.466 e. The molecule has 0 radical (unpaired) electrons. The first kappa shape index (κ1) is 17.7. The predicted octanol–water partition coefficient (Wildman–Crippen LogP) is 2.09. The standard InChI is InChI=1S/C15H22O5S/c1-3-19-15(16)12-14-9-7-13(8-10-14)6-4-5-11-20-21(2,17)18/h7-10H,3-6,11-12H2,1-2H3. The molecule has 0 spiro atoms. The molecule has 0 saturated heterocycles. The topological polar surface area (TPSA) is 69.7 Å². The van der Waals surface area contributed by atoms with Gasteiger partial charge in [-0.1, -0.05) is 24.3 Å². The van der Waals surface area contributed by atoms with Crippen molar-refractivity contribution in [2.24, 2.45) is 0 Å². The maximum atomic E-state index is 11.3. The zero-order valence-corrected chi connectivity index (χ0v) is 13.3. The number of rotatable bonds is 9. The summed E-state index contributed by atoms with van der Waals surface area (Å²) in [5.74, 6) is -0.219. The summed E-state index contributed by atoms with van der Waals surface area (Å²) in [4.78, 5) is 11.3. The lowest BCUT2D eigenvalue weighted by Gasteiger charge is -2.05. The second kappa shape index (κ2) is 8.79. The zero-order valence-electron chi connectivity index (χ0n) is 12.5. The van der Waals surface area contributed by atoms with Crippen LogP contribution in [0.1, 0.15) is 30.9 Å². The van der Waals surface area contributed by atoms with Crippen LogP contribution < -0.4 is 0 Å². The van der Waals surface area contributed by atoms with Gasteiger partial charge < -0.3 is 4.74 Å². The molecule has 5 nitrogen and oxygen atoms in total. The number of carbonyl (C=O) groups excluding carboxylic acids is 1. The van der Waals surface area contributed by atoms with Gasteiger partial charge in [-0.3, -0.25) is 8.98 Å². The third-order valence-corrected chi connectivity index (χ3v) is 3.43. The molecule has 0 bridgehead atoms. The molecule has 0 atom stereocenters. The van der Waals surface area contributed by atoms with Gasteiger partial charge >= 0.3 is 5.97 Å². The van der Waals surface area contributed by atoms with Crippen molar-refractivity contribution < 1.29 is 22.1 Å². The highest BCUT2D eigenvalue weighted by Gasteiger charge is 2.04. The first-order valence-corrected chi connectivity index (χ1v) is 8.80. The third kappa shape index (κ3) is 8.47. The maximum Gasteiger partial charge on any atom is 0.310 e. The molecule has 1 aromatic rings. The highest BCUT2D eigenvalue weighted by Crippen LogP contribution is 2.09. The number of esters is 1. The fourth-order valence-corrected chi connectivity index (χ4v) is 2.26. The first-order chi connectivity index (χ1) is 9.90. The van der Waals surface area contributed by atoms with E-state index in [2.05, 4.69) is 4.18 Å². The van der Waals surface area contributed by atoms with Gasteiger partial charge in [0.1, 0.15) is 0 Å². The molecule has 0 fully saturated rings. The molecule has 0 saturated carbocycles. The number of unbranched alkanes of at least 4 members (excludes halogenated alkanes) is 1. The van der Waals surface area contributed by atoms with E-state index in [1.165, 1.54) is 0 Å². The Morgan fingerprint density at radius 2 is 1.71 bits per heavy atom. The minimum atomic E-state index is -3.33. The Balaban J connectivity index is 2.29. The number of hydrogen-bond donors (Lipinski definition) is 0. The van der Waals surface area contributed by atoms with Crippen molar-refractivity contribution in [3.8, 4) is 0 Å². The van der Waals surface area contributed by atoms with E-state index >= 15 is 0 Å². The lowest BCUT2D eigenvalue weighted by atomic mass is 10.0. The van der Waals surface area contributed by atoms with Crippen LogP contribution >= 0.6 is 0 Å². The van der Waals surface area contributed by atoms with E-state index < -0.39 is 10.1 Å². The average Bonchev–Trinajstić information content (AvgIpc) is 2.39. The molecule has 1 aromatic carbocycles. The van der Waals surface area contributed by atoms with Gasteiger partial charge in [0.25, 0.3) is 10.1 Å². The Labute approximate surface area is 126 Å². The molecule has 6 heteroatoms. The molecule has 0 aliphatic rings. The second-order valence-corrected chi connectivity index (χ2v) is 6.43. The smallest absolute Gasteiger partial charge is 0.310 e. The Morgan fingerprint density at radius 3 is 2.29 bits per heavy atom. The molecule has 0 amide bonds. The number of hydrogen-bond acceptors (Lipinski definition) is 5. The van der Waals surface area contributed by atoms with Crippen LogP contribution in [0, 0.1) is 0 Å². The molecule has 0 aromatic heterocycles. The van der Waals surface area contributed by atoms with Crippen LogP contribution in [0.5, 0.6) is 0 Å². The van der Waals surface area contributed by atoms with Crippen LogP contribution in [0.3, 0.4) is 0 Å². The van der Waals surface area contributed by atoms with E-state index in [9.17, 15) is 13.2 Å². The molecule has 21 heavy (non-hydrogen) atoms. The van der Waals surface area contributed by atoms with Crippen LogP contribution in [-0.2, 0) is 36.7 Å². The SMILES string of the molecule is CCOC(=O)Cc1ccc(CCCCOS(C)(=O)=O)cc1. The summed E-state index contributed by atoms with van der Waals surface area (Å²) in [6, 6.07) is 7.79. The Kier molecular flexibility index (Phi) is 7.39. The highest BCUT2D eigenvalue weighted by molar-refractivity contribution is 7.85. The zero-order chi connectivity index (χ0) is 15.7. The van der Waals surface area contributed by atoms with Crippen molar-refractivity contribution in [1.29, 1.82) is 0 Å². The van der Waals surface area contributed by atoms with Crippen molar-refractivity contribution >= 4 is 16.1 Å². The highest BCUT2D eigenvalue weighted by atomic mass is 32.2. The van der Waals surface area contributed by atoms with Crippen molar-refractivity contribution in [2.75, 3.05) is 19.5 Å². The Hall–Kier alpha value is -1.40. The fraction of sp³-hybridized carbons (Fsp3) is 0.533. The molecule has 0 N–H and O–H groups in total. The van der Waals surface area contributed by atoms with Crippen molar-refractivity contribution in [1.82, 2.24) is 0 Å². The minimum absolute atomic E-state index is 0.219. The van der Waals surface area contributed by atoms with E-state index in [-0.39, 0.29) is 19.0 Å². The van der Waals surface area contributed by atoms with E-state index in [1.54, 1.807) is 6.92 Å². The van der Waals surface area contributed by atoms with Gasteiger partial charge in [-0.05, 0) is 37.3 Å².